The van der Waals surface area contributed by atoms with Gasteiger partial charge in [-0.15, -0.1) is 0 Å². The number of nitrogens with zero attached hydrogens (tertiary/aromatic N) is 1. The molecular weight excluding hydrogens is 623 g/mol. The molecule has 0 N–H and O–H groups in total. The SMILES string of the molecule is CC(I)CCCC[P+](CCC[P+]1(c2ccccc2)N(C)C2=CC=CCC21C)(c1ccccc1)c1ccccc1. The number of hydrogen-bond acceptors (Lipinski definition) is 1. The highest BCUT2D eigenvalue weighted by Gasteiger charge is 2.72. The fourth-order valence-electron chi connectivity index (χ4n) is 7.25. The van der Waals surface area contributed by atoms with Crippen LogP contribution in [-0.2, 0) is 0 Å². The third kappa shape index (κ3) is 5.43. The van der Waals surface area contributed by atoms with Gasteiger partial charge in [-0.3, -0.25) is 0 Å². The van der Waals surface area contributed by atoms with Crippen molar-refractivity contribution in [2.45, 2.75) is 55.0 Å². The summed E-state index contributed by atoms with van der Waals surface area (Å²) in [4.78, 5) is 0. The van der Waals surface area contributed by atoms with Gasteiger partial charge in [0.2, 0.25) is 0 Å². The molecular formula is C35H44INP2+2. The number of alkyl halides is 1. The summed E-state index contributed by atoms with van der Waals surface area (Å²) < 4.78 is 3.47. The highest BCUT2D eigenvalue weighted by atomic mass is 127. The van der Waals surface area contributed by atoms with Gasteiger partial charge in [0, 0.05) is 23.8 Å². The van der Waals surface area contributed by atoms with Crippen LogP contribution in [-0.4, -0.2) is 39.3 Å². The van der Waals surface area contributed by atoms with E-state index in [1.165, 1.54) is 44.2 Å². The Morgan fingerprint density at radius 2 is 1.41 bits per heavy atom. The van der Waals surface area contributed by atoms with Crippen molar-refractivity contribution in [1.29, 1.82) is 0 Å². The molecule has 3 atom stereocenters. The monoisotopic (exact) mass is 667 g/mol. The molecule has 3 aromatic rings. The van der Waals surface area contributed by atoms with E-state index in [9.17, 15) is 0 Å². The summed E-state index contributed by atoms with van der Waals surface area (Å²) in [6.07, 6.45) is 17.4. The van der Waals surface area contributed by atoms with Gasteiger partial charge in [-0.05, 0) is 68.7 Å². The molecule has 4 heteroatoms. The molecule has 0 bridgehead atoms. The molecule has 0 saturated carbocycles. The maximum Gasteiger partial charge on any atom is 0.149 e. The van der Waals surface area contributed by atoms with E-state index >= 15 is 0 Å². The summed E-state index contributed by atoms with van der Waals surface area (Å²) in [5.41, 5.74) is 1.54. The fraction of sp³-hybridized carbons (Fsp3) is 0.371. The largest absolute Gasteiger partial charge is 0.246 e. The first kappa shape index (κ1) is 29.0. The van der Waals surface area contributed by atoms with Crippen LogP contribution in [0, 0.1) is 0 Å². The molecule has 204 valence electrons. The number of fused-ring (bicyclic) bond motifs is 1. The highest BCUT2D eigenvalue weighted by molar-refractivity contribution is 14.1. The zero-order valence-corrected chi connectivity index (χ0v) is 27.8. The molecule has 0 aromatic heterocycles. The molecule has 1 nitrogen and oxygen atoms in total. The molecule has 0 spiro atoms. The van der Waals surface area contributed by atoms with Gasteiger partial charge < -0.3 is 0 Å². The van der Waals surface area contributed by atoms with E-state index in [-0.39, 0.29) is 5.16 Å². The van der Waals surface area contributed by atoms with Gasteiger partial charge in [0.1, 0.15) is 17.9 Å². The summed E-state index contributed by atoms with van der Waals surface area (Å²) in [6, 6.07) is 34.7. The smallest absolute Gasteiger partial charge is 0.149 e. The lowest BCUT2D eigenvalue weighted by molar-refractivity contribution is 0.453. The van der Waals surface area contributed by atoms with E-state index in [2.05, 4.69) is 157 Å². The average Bonchev–Trinajstić information content (AvgIpc) is 2.97. The molecule has 2 aliphatic rings. The summed E-state index contributed by atoms with van der Waals surface area (Å²) in [5, 5.41) is 5.04. The third-order valence-electron chi connectivity index (χ3n) is 9.23. The first-order valence-electron chi connectivity index (χ1n) is 14.6. The van der Waals surface area contributed by atoms with Gasteiger partial charge >= 0.3 is 0 Å². The van der Waals surface area contributed by atoms with Gasteiger partial charge in [-0.2, -0.15) is 0 Å². The van der Waals surface area contributed by atoms with Crippen LogP contribution < -0.4 is 15.9 Å². The minimum atomic E-state index is -1.54. The van der Waals surface area contributed by atoms with Crippen molar-refractivity contribution in [2.75, 3.05) is 25.5 Å². The van der Waals surface area contributed by atoms with E-state index < -0.39 is 14.7 Å². The minimum Gasteiger partial charge on any atom is -0.246 e. The van der Waals surface area contributed by atoms with Gasteiger partial charge in [-0.25, -0.2) is 4.67 Å². The van der Waals surface area contributed by atoms with Crippen LogP contribution in [0.3, 0.4) is 0 Å². The Morgan fingerprint density at radius 1 is 0.846 bits per heavy atom. The normalized spacial score (nSPS) is 23.1. The van der Waals surface area contributed by atoms with E-state index in [1.807, 2.05) is 0 Å². The Kier molecular flexibility index (Phi) is 9.37. The van der Waals surface area contributed by atoms with Crippen LogP contribution >= 0.6 is 37.3 Å². The molecule has 1 saturated heterocycles. The summed E-state index contributed by atoms with van der Waals surface area (Å²) in [7, 11) is -0.690. The molecule has 3 aromatic carbocycles. The number of rotatable bonds is 12. The first-order valence-corrected chi connectivity index (χ1v) is 19.9. The Hall–Kier alpha value is -1.47. The second-order valence-corrected chi connectivity index (χ2v) is 21.6. The number of benzene rings is 3. The average molecular weight is 668 g/mol. The number of unbranched alkanes of at least 4 members (excludes halogenated alkanes) is 1. The van der Waals surface area contributed by atoms with Crippen molar-refractivity contribution >= 4 is 53.2 Å². The lowest BCUT2D eigenvalue weighted by Crippen LogP contribution is -2.58. The van der Waals surface area contributed by atoms with E-state index in [4.69, 9.17) is 0 Å². The second kappa shape index (κ2) is 12.6. The van der Waals surface area contributed by atoms with E-state index in [0.29, 0.717) is 0 Å². The fourth-order valence-corrected chi connectivity index (χ4v) is 17.9. The standard InChI is InChI=1S/C35H44INP2/c1-30(36)18-14-16-27-38(31-19-7-4-8-20-31,32-21-9-5-10-22-32)28-17-29-39(33-23-11-6-12-24-33)35(2)26-15-13-25-34(35)37(39)3/h4-13,15,19-25,30H,14,16-18,26-29H2,1-3H3/q+2. The van der Waals surface area contributed by atoms with Crippen molar-refractivity contribution in [3.8, 4) is 0 Å². The lowest BCUT2D eigenvalue weighted by atomic mass is 9.97. The van der Waals surface area contributed by atoms with Crippen LogP contribution in [0.2, 0.25) is 0 Å². The molecule has 1 aliphatic carbocycles. The minimum absolute atomic E-state index is 0.259. The van der Waals surface area contributed by atoms with Crippen molar-refractivity contribution in [3.05, 3.63) is 115 Å². The zero-order chi connectivity index (χ0) is 27.3. The van der Waals surface area contributed by atoms with Crippen LogP contribution in [0.15, 0.2) is 115 Å². The van der Waals surface area contributed by atoms with E-state index in [1.54, 1.807) is 21.6 Å². The number of allylic oxidation sites excluding steroid dienone is 4. The Morgan fingerprint density at radius 3 is 2.00 bits per heavy atom. The first-order chi connectivity index (χ1) is 18.9. The van der Waals surface area contributed by atoms with E-state index in [0.717, 1.165) is 10.3 Å². The maximum atomic E-state index is 2.72. The molecule has 39 heavy (non-hydrogen) atoms. The predicted octanol–water partition coefficient (Wildman–Crippen LogP) is 8.84. The van der Waals surface area contributed by atoms with Crippen molar-refractivity contribution < 1.29 is 0 Å². The van der Waals surface area contributed by atoms with Crippen molar-refractivity contribution in [3.63, 3.8) is 0 Å². The Bertz CT molecular complexity index is 1230. The molecule has 1 aliphatic heterocycles. The van der Waals surface area contributed by atoms with Crippen molar-refractivity contribution in [1.82, 2.24) is 4.67 Å². The quantitative estimate of drug-likeness (QED) is 0.0808. The Balaban J connectivity index is 1.49. The van der Waals surface area contributed by atoms with Crippen LogP contribution in [0.1, 0.15) is 46.0 Å². The highest BCUT2D eigenvalue weighted by Crippen LogP contribution is 2.83. The second-order valence-electron chi connectivity index (χ2n) is 11.5. The van der Waals surface area contributed by atoms with Gasteiger partial charge in [-0.1, -0.05) is 96.3 Å². The van der Waals surface area contributed by atoms with Crippen molar-refractivity contribution in [2.24, 2.45) is 0 Å². The van der Waals surface area contributed by atoms with Gasteiger partial charge in [0.25, 0.3) is 0 Å². The zero-order valence-electron chi connectivity index (χ0n) is 23.8. The van der Waals surface area contributed by atoms with Gasteiger partial charge in [0.15, 0.2) is 0 Å². The Labute approximate surface area is 252 Å². The van der Waals surface area contributed by atoms with Crippen LogP contribution in [0.25, 0.3) is 0 Å². The third-order valence-corrected chi connectivity index (χ3v) is 20.0. The van der Waals surface area contributed by atoms with Crippen LogP contribution in [0.4, 0.5) is 0 Å². The summed E-state index contributed by atoms with van der Waals surface area (Å²) >= 11 is 2.59. The molecule has 3 unspecified atom stereocenters. The maximum absolute atomic E-state index is 2.72. The molecule has 5 rings (SSSR count). The van der Waals surface area contributed by atoms with Gasteiger partial charge in [0.05, 0.1) is 42.1 Å². The molecule has 0 radical (unpaired) electrons. The number of hydrogen-bond donors (Lipinski definition) is 0. The van der Waals surface area contributed by atoms with Crippen LogP contribution in [0.5, 0.6) is 0 Å². The molecule has 1 heterocycles. The summed E-state index contributed by atoms with van der Waals surface area (Å²) in [6.45, 7) is 4.91. The topological polar surface area (TPSA) is 3.24 Å². The number of halogens is 1. The lowest BCUT2D eigenvalue weighted by Gasteiger charge is -2.59. The summed E-state index contributed by atoms with van der Waals surface area (Å²) in [5.74, 6) is 0. The molecule has 0 amide bonds. The predicted molar refractivity (Wildman–Crippen MR) is 187 cm³/mol. The molecule has 1 fully saturated rings.